The summed E-state index contributed by atoms with van der Waals surface area (Å²) >= 11 is 0. The molecule has 2 rings (SSSR count). The van der Waals surface area contributed by atoms with Crippen LogP contribution in [0.25, 0.3) is 11.4 Å². The lowest BCUT2D eigenvalue weighted by Gasteiger charge is -2.04. The first-order chi connectivity index (χ1) is 8.19. The van der Waals surface area contributed by atoms with Crippen molar-refractivity contribution >= 4 is 0 Å². The maximum atomic E-state index is 11.5. The third-order valence-corrected chi connectivity index (χ3v) is 2.44. The second-order valence-corrected chi connectivity index (χ2v) is 3.99. The van der Waals surface area contributed by atoms with Gasteiger partial charge in [-0.1, -0.05) is 23.8 Å². The number of nitrogens with zero attached hydrogens (tertiary/aromatic N) is 1. The van der Waals surface area contributed by atoms with Crippen molar-refractivity contribution in [2.45, 2.75) is 13.5 Å². The van der Waals surface area contributed by atoms with Crippen molar-refractivity contribution in [1.29, 1.82) is 0 Å². The van der Waals surface area contributed by atoms with Gasteiger partial charge >= 0.3 is 0 Å². The number of aromatic nitrogens is 2. The summed E-state index contributed by atoms with van der Waals surface area (Å²) < 4.78 is 0. The van der Waals surface area contributed by atoms with Crippen LogP contribution in [0, 0.1) is 6.92 Å². The van der Waals surface area contributed by atoms with Gasteiger partial charge < -0.3 is 10.3 Å². The van der Waals surface area contributed by atoms with Gasteiger partial charge in [0.25, 0.3) is 5.56 Å². The largest absolute Gasteiger partial charge is 0.314 e. The summed E-state index contributed by atoms with van der Waals surface area (Å²) in [5.74, 6) is 0.617. The number of rotatable bonds is 3. The topological polar surface area (TPSA) is 57.8 Å². The fourth-order valence-corrected chi connectivity index (χ4v) is 1.71. The SMILES string of the molecule is CNCc1cc(=O)[nH]c(-c2cccc(C)c2)n1. The van der Waals surface area contributed by atoms with Gasteiger partial charge in [0.2, 0.25) is 0 Å². The lowest BCUT2D eigenvalue weighted by Crippen LogP contribution is -2.14. The van der Waals surface area contributed by atoms with Crippen LogP contribution in [-0.2, 0) is 6.54 Å². The van der Waals surface area contributed by atoms with Crippen LogP contribution < -0.4 is 10.9 Å². The van der Waals surface area contributed by atoms with E-state index >= 15 is 0 Å². The number of aromatic amines is 1. The first-order valence-corrected chi connectivity index (χ1v) is 5.51. The van der Waals surface area contributed by atoms with Gasteiger partial charge in [-0.3, -0.25) is 4.79 Å². The van der Waals surface area contributed by atoms with Crippen LogP contribution in [0.15, 0.2) is 35.1 Å². The van der Waals surface area contributed by atoms with Crippen molar-refractivity contribution in [1.82, 2.24) is 15.3 Å². The van der Waals surface area contributed by atoms with E-state index in [4.69, 9.17) is 0 Å². The van der Waals surface area contributed by atoms with Gasteiger partial charge in [0.05, 0.1) is 5.69 Å². The average molecular weight is 229 g/mol. The van der Waals surface area contributed by atoms with Gasteiger partial charge in [-0.05, 0) is 20.0 Å². The van der Waals surface area contributed by atoms with Crippen LogP contribution in [0.4, 0.5) is 0 Å². The van der Waals surface area contributed by atoms with Gasteiger partial charge in [-0.25, -0.2) is 4.98 Å². The Labute approximate surface area is 99.7 Å². The molecule has 0 saturated heterocycles. The number of hydrogen-bond donors (Lipinski definition) is 2. The summed E-state index contributed by atoms with van der Waals surface area (Å²) in [4.78, 5) is 18.7. The van der Waals surface area contributed by atoms with E-state index in [1.807, 2.05) is 38.2 Å². The normalized spacial score (nSPS) is 10.5. The number of benzene rings is 1. The summed E-state index contributed by atoms with van der Waals surface area (Å²) in [5, 5.41) is 2.99. The quantitative estimate of drug-likeness (QED) is 0.837. The highest BCUT2D eigenvalue weighted by Gasteiger charge is 2.03. The molecule has 0 aliphatic heterocycles. The van der Waals surface area contributed by atoms with E-state index in [-0.39, 0.29) is 5.56 Å². The molecule has 1 aromatic heterocycles. The van der Waals surface area contributed by atoms with E-state index in [0.717, 1.165) is 16.8 Å². The molecule has 1 aromatic carbocycles. The van der Waals surface area contributed by atoms with Crippen LogP contribution in [0.3, 0.4) is 0 Å². The Morgan fingerprint density at radius 1 is 1.35 bits per heavy atom. The zero-order chi connectivity index (χ0) is 12.3. The second-order valence-electron chi connectivity index (χ2n) is 3.99. The molecule has 0 radical (unpaired) electrons. The Hall–Kier alpha value is -1.94. The standard InChI is InChI=1S/C13H15N3O/c1-9-4-3-5-10(6-9)13-15-11(8-14-2)7-12(17)16-13/h3-7,14H,8H2,1-2H3,(H,15,16,17). The lowest BCUT2D eigenvalue weighted by molar-refractivity contribution is 0.785. The summed E-state index contributed by atoms with van der Waals surface area (Å²) in [6.07, 6.45) is 0. The summed E-state index contributed by atoms with van der Waals surface area (Å²) in [5.41, 5.74) is 2.69. The first-order valence-electron chi connectivity index (χ1n) is 5.51. The number of nitrogens with one attached hydrogen (secondary N) is 2. The minimum absolute atomic E-state index is 0.123. The van der Waals surface area contributed by atoms with Gasteiger partial charge in [0.15, 0.2) is 0 Å². The van der Waals surface area contributed by atoms with E-state index < -0.39 is 0 Å². The second kappa shape index (κ2) is 4.93. The molecule has 0 aliphatic rings. The molecule has 0 fully saturated rings. The smallest absolute Gasteiger partial charge is 0.251 e. The molecule has 17 heavy (non-hydrogen) atoms. The number of H-pyrrole nitrogens is 1. The predicted molar refractivity (Wildman–Crippen MR) is 67.8 cm³/mol. The first kappa shape index (κ1) is 11.5. The Bertz CT molecular complexity index is 575. The number of aryl methyl sites for hydroxylation is 1. The maximum absolute atomic E-state index is 11.5. The Morgan fingerprint density at radius 2 is 2.18 bits per heavy atom. The van der Waals surface area contributed by atoms with Gasteiger partial charge in [-0.2, -0.15) is 0 Å². The fraction of sp³-hybridized carbons (Fsp3) is 0.231. The van der Waals surface area contributed by atoms with E-state index in [0.29, 0.717) is 12.4 Å². The average Bonchev–Trinajstić information content (AvgIpc) is 2.28. The van der Waals surface area contributed by atoms with E-state index in [1.165, 1.54) is 6.07 Å². The predicted octanol–water partition coefficient (Wildman–Crippen LogP) is 1.46. The Kier molecular flexibility index (Phi) is 3.35. The molecule has 0 unspecified atom stereocenters. The van der Waals surface area contributed by atoms with Crippen LogP contribution >= 0.6 is 0 Å². The molecule has 1 heterocycles. The maximum Gasteiger partial charge on any atom is 0.251 e. The molecule has 4 heteroatoms. The van der Waals surface area contributed by atoms with Crippen molar-refractivity contribution in [3.8, 4) is 11.4 Å². The van der Waals surface area contributed by atoms with Crippen molar-refractivity contribution in [2.75, 3.05) is 7.05 Å². The summed E-state index contributed by atoms with van der Waals surface area (Å²) in [6, 6.07) is 9.42. The van der Waals surface area contributed by atoms with Crippen molar-refractivity contribution in [3.63, 3.8) is 0 Å². The molecule has 88 valence electrons. The molecular formula is C13H15N3O. The highest BCUT2D eigenvalue weighted by atomic mass is 16.1. The van der Waals surface area contributed by atoms with Crippen LogP contribution in [0.1, 0.15) is 11.3 Å². The summed E-state index contributed by atoms with van der Waals surface area (Å²) in [7, 11) is 1.83. The third kappa shape index (κ3) is 2.79. The third-order valence-electron chi connectivity index (χ3n) is 2.44. The molecule has 2 N–H and O–H groups in total. The van der Waals surface area contributed by atoms with Gasteiger partial charge in [0, 0.05) is 18.2 Å². The monoisotopic (exact) mass is 229 g/mol. The minimum Gasteiger partial charge on any atom is -0.314 e. The Morgan fingerprint density at radius 3 is 2.88 bits per heavy atom. The van der Waals surface area contributed by atoms with Crippen LogP contribution in [0.5, 0.6) is 0 Å². The highest BCUT2D eigenvalue weighted by molar-refractivity contribution is 5.55. The van der Waals surface area contributed by atoms with E-state index in [9.17, 15) is 4.79 Å². The zero-order valence-electron chi connectivity index (χ0n) is 9.95. The molecule has 0 bridgehead atoms. The molecule has 2 aromatic rings. The minimum atomic E-state index is -0.123. The summed E-state index contributed by atoms with van der Waals surface area (Å²) in [6.45, 7) is 2.60. The van der Waals surface area contributed by atoms with E-state index in [1.54, 1.807) is 0 Å². The molecular weight excluding hydrogens is 214 g/mol. The zero-order valence-corrected chi connectivity index (χ0v) is 9.95. The van der Waals surface area contributed by atoms with Gasteiger partial charge in [0.1, 0.15) is 5.82 Å². The molecule has 0 saturated carbocycles. The molecule has 4 nitrogen and oxygen atoms in total. The molecule has 0 amide bonds. The Balaban J connectivity index is 2.48. The van der Waals surface area contributed by atoms with Crippen molar-refractivity contribution in [3.05, 3.63) is 51.9 Å². The lowest BCUT2D eigenvalue weighted by atomic mass is 10.1. The number of hydrogen-bond acceptors (Lipinski definition) is 3. The molecule has 0 aliphatic carbocycles. The molecule has 0 spiro atoms. The molecule has 0 atom stereocenters. The highest BCUT2D eigenvalue weighted by Crippen LogP contribution is 2.14. The van der Waals surface area contributed by atoms with Crippen molar-refractivity contribution < 1.29 is 0 Å². The fourth-order valence-electron chi connectivity index (χ4n) is 1.71. The van der Waals surface area contributed by atoms with Crippen molar-refractivity contribution in [2.24, 2.45) is 0 Å². The van der Waals surface area contributed by atoms with Crippen LogP contribution in [-0.4, -0.2) is 17.0 Å². The van der Waals surface area contributed by atoms with Crippen LogP contribution in [0.2, 0.25) is 0 Å². The van der Waals surface area contributed by atoms with E-state index in [2.05, 4.69) is 15.3 Å². The van der Waals surface area contributed by atoms with Gasteiger partial charge in [-0.15, -0.1) is 0 Å².